The summed E-state index contributed by atoms with van der Waals surface area (Å²) in [5.74, 6) is 5.11. The van der Waals surface area contributed by atoms with Crippen LogP contribution in [-0.4, -0.2) is 27.3 Å². The van der Waals surface area contributed by atoms with Crippen LogP contribution in [0.2, 0.25) is 0 Å². The highest BCUT2D eigenvalue weighted by Crippen LogP contribution is 2.25. The molecule has 7 heteroatoms. The fourth-order valence-corrected chi connectivity index (χ4v) is 1.96. The molecule has 0 aliphatic carbocycles. The van der Waals surface area contributed by atoms with Gasteiger partial charge in [-0.25, -0.2) is 14.5 Å². The number of aryl methyl sites for hydroxylation is 1. The maximum Gasteiger partial charge on any atom is 0.341 e. The van der Waals surface area contributed by atoms with Gasteiger partial charge in [-0.05, 0) is 13.3 Å². The Bertz CT molecular complexity index is 608. The number of fused-ring (bicyclic) bond motifs is 1. The fraction of sp³-hybridized carbons (Fsp3) is 0.462. The number of ether oxygens (including phenoxy) is 1. The largest absolute Gasteiger partial charge is 0.462 e. The Balaban J connectivity index is 2.36. The highest BCUT2D eigenvalue weighted by atomic mass is 16.5. The Kier molecular flexibility index (Phi) is 4.52. The summed E-state index contributed by atoms with van der Waals surface area (Å²) in [6, 6.07) is 0. The Morgan fingerprint density at radius 3 is 2.90 bits per heavy atom. The average molecular weight is 277 g/mol. The number of nitrogen functional groups attached to an aromatic ring is 1. The third-order valence-electron chi connectivity index (χ3n) is 3.06. The lowest BCUT2D eigenvalue weighted by molar-refractivity contribution is 0.0500. The van der Waals surface area contributed by atoms with Crippen LogP contribution in [0.3, 0.4) is 0 Å². The quantitative estimate of drug-likeness (QED) is 0.361. The van der Waals surface area contributed by atoms with E-state index in [1.807, 2.05) is 13.8 Å². The van der Waals surface area contributed by atoms with Gasteiger partial charge in [0.05, 0.1) is 23.9 Å². The van der Waals surface area contributed by atoms with Crippen molar-refractivity contribution >= 4 is 22.7 Å². The summed E-state index contributed by atoms with van der Waals surface area (Å²) in [5.41, 5.74) is 4.06. The standard InChI is InChI=1S/C13H19N5O2/c1-3-5-6-20-13(19)10-7-15-12-9(11(10)17-14)8-16-18(12)4-2/h7-8H,3-6,14H2,1-2H3,(H,15,17). The van der Waals surface area contributed by atoms with Gasteiger partial charge in [0.2, 0.25) is 0 Å². The molecule has 0 aromatic carbocycles. The lowest BCUT2D eigenvalue weighted by Gasteiger charge is -2.09. The van der Waals surface area contributed by atoms with Crippen LogP contribution in [-0.2, 0) is 11.3 Å². The summed E-state index contributed by atoms with van der Waals surface area (Å²) in [6.07, 6.45) is 4.92. The van der Waals surface area contributed by atoms with E-state index in [4.69, 9.17) is 10.6 Å². The van der Waals surface area contributed by atoms with Crippen molar-refractivity contribution < 1.29 is 9.53 Å². The molecule has 3 N–H and O–H groups in total. The molecule has 2 aromatic rings. The lowest BCUT2D eigenvalue weighted by Crippen LogP contribution is -2.15. The second-order valence-corrected chi connectivity index (χ2v) is 4.38. The highest BCUT2D eigenvalue weighted by molar-refractivity contribution is 6.03. The van der Waals surface area contributed by atoms with Crippen LogP contribution < -0.4 is 11.3 Å². The molecule has 108 valence electrons. The van der Waals surface area contributed by atoms with Crippen LogP contribution in [0, 0.1) is 0 Å². The van der Waals surface area contributed by atoms with Gasteiger partial charge in [-0.1, -0.05) is 13.3 Å². The van der Waals surface area contributed by atoms with Gasteiger partial charge in [0.15, 0.2) is 5.65 Å². The Morgan fingerprint density at radius 1 is 1.45 bits per heavy atom. The first-order valence-corrected chi connectivity index (χ1v) is 6.71. The van der Waals surface area contributed by atoms with Crippen LogP contribution >= 0.6 is 0 Å². The number of anilines is 1. The van der Waals surface area contributed by atoms with E-state index in [1.54, 1.807) is 10.9 Å². The zero-order valence-electron chi connectivity index (χ0n) is 11.7. The van der Waals surface area contributed by atoms with Crippen LogP contribution in [0.25, 0.3) is 11.0 Å². The molecular weight excluding hydrogens is 258 g/mol. The molecule has 0 radical (unpaired) electrons. The molecule has 2 aromatic heterocycles. The molecule has 0 fully saturated rings. The van der Waals surface area contributed by atoms with Gasteiger partial charge in [0.25, 0.3) is 0 Å². The van der Waals surface area contributed by atoms with E-state index in [-0.39, 0.29) is 0 Å². The molecule has 0 spiro atoms. The average Bonchev–Trinajstić information content (AvgIpc) is 2.89. The van der Waals surface area contributed by atoms with Gasteiger partial charge in [-0.3, -0.25) is 5.84 Å². The van der Waals surface area contributed by atoms with Crippen molar-refractivity contribution in [3.05, 3.63) is 18.0 Å². The van der Waals surface area contributed by atoms with Crippen molar-refractivity contribution in [2.24, 2.45) is 5.84 Å². The van der Waals surface area contributed by atoms with Crippen molar-refractivity contribution in [2.45, 2.75) is 33.2 Å². The number of esters is 1. The molecule has 0 saturated carbocycles. The van der Waals surface area contributed by atoms with Crippen molar-refractivity contribution in [3.8, 4) is 0 Å². The topological polar surface area (TPSA) is 95.1 Å². The molecule has 7 nitrogen and oxygen atoms in total. The Hall–Kier alpha value is -2.15. The van der Waals surface area contributed by atoms with Crippen molar-refractivity contribution in [3.63, 3.8) is 0 Å². The third kappa shape index (κ3) is 2.57. The second kappa shape index (κ2) is 6.33. The Labute approximate surface area is 117 Å². The number of nitrogens with two attached hydrogens (primary N) is 1. The molecule has 0 aliphatic heterocycles. The van der Waals surface area contributed by atoms with Gasteiger partial charge in [0, 0.05) is 12.7 Å². The fourth-order valence-electron chi connectivity index (χ4n) is 1.96. The molecule has 0 atom stereocenters. The zero-order valence-corrected chi connectivity index (χ0v) is 11.7. The van der Waals surface area contributed by atoms with Gasteiger partial charge in [-0.15, -0.1) is 0 Å². The van der Waals surface area contributed by atoms with Gasteiger partial charge in [0.1, 0.15) is 5.56 Å². The summed E-state index contributed by atoms with van der Waals surface area (Å²) < 4.78 is 6.93. The monoisotopic (exact) mass is 277 g/mol. The third-order valence-corrected chi connectivity index (χ3v) is 3.06. The molecule has 0 bridgehead atoms. The minimum Gasteiger partial charge on any atom is -0.462 e. The molecule has 2 heterocycles. The van der Waals surface area contributed by atoms with E-state index in [2.05, 4.69) is 15.5 Å². The predicted octanol–water partition coefficient (Wildman–Crippen LogP) is 1.69. The number of aromatic nitrogens is 3. The maximum atomic E-state index is 12.0. The van der Waals surface area contributed by atoms with Gasteiger partial charge >= 0.3 is 5.97 Å². The first kappa shape index (κ1) is 14.3. The molecule has 0 aliphatic rings. The van der Waals surface area contributed by atoms with Crippen LogP contribution in [0.5, 0.6) is 0 Å². The first-order chi connectivity index (χ1) is 9.72. The minimum atomic E-state index is -0.426. The number of hydrogen-bond donors (Lipinski definition) is 2. The zero-order chi connectivity index (χ0) is 14.5. The minimum absolute atomic E-state index is 0.326. The van der Waals surface area contributed by atoms with E-state index in [1.165, 1.54) is 6.20 Å². The molecule has 0 amide bonds. The molecule has 2 rings (SSSR count). The van der Waals surface area contributed by atoms with Gasteiger partial charge in [-0.2, -0.15) is 5.10 Å². The van der Waals surface area contributed by atoms with E-state index in [0.29, 0.717) is 35.4 Å². The number of nitrogens with zero attached hydrogens (tertiary/aromatic N) is 3. The number of carbonyl (C=O) groups excluding carboxylic acids is 1. The normalized spacial score (nSPS) is 10.8. The van der Waals surface area contributed by atoms with E-state index in [0.717, 1.165) is 12.8 Å². The number of hydrogen-bond acceptors (Lipinski definition) is 6. The van der Waals surface area contributed by atoms with Crippen LogP contribution in [0.4, 0.5) is 5.69 Å². The number of pyridine rings is 1. The SMILES string of the molecule is CCCCOC(=O)c1cnc2c(cnn2CC)c1NN. The molecular formula is C13H19N5O2. The van der Waals surface area contributed by atoms with Crippen LogP contribution in [0.1, 0.15) is 37.0 Å². The van der Waals surface area contributed by atoms with Gasteiger partial charge < -0.3 is 10.2 Å². The molecule has 0 saturated heterocycles. The number of carbonyl (C=O) groups is 1. The Morgan fingerprint density at radius 2 is 2.25 bits per heavy atom. The van der Waals surface area contributed by atoms with E-state index >= 15 is 0 Å². The number of rotatable bonds is 6. The summed E-state index contributed by atoms with van der Waals surface area (Å²) in [6.45, 7) is 5.09. The number of hydrazine groups is 1. The summed E-state index contributed by atoms with van der Waals surface area (Å²) >= 11 is 0. The van der Waals surface area contributed by atoms with Crippen LogP contribution in [0.15, 0.2) is 12.4 Å². The predicted molar refractivity (Wildman–Crippen MR) is 76.2 cm³/mol. The summed E-state index contributed by atoms with van der Waals surface area (Å²) in [5, 5.41) is 4.91. The highest BCUT2D eigenvalue weighted by Gasteiger charge is 2.18. The lowest BCUT2D eigenvalue weighted by atomic mass is 10.2. The number of unbranched alkanes of at least 4 members (excludes halogenated alkanes) is 1. The van der Waals surface area contributed by atoms with Crippen molar-refractivity contribution in [1.82, 2.24) is 14.8 Å². The smallest absolute Gasteiger partial charge is 0.341 e. The van der Waals surface area contributed by atoms with E-state index < -0.39 is 5.97 Å². The first-order valence-electron chi connectivity index (χ1n) is 6.71. The van der Waals surface area contributed by atoms with Crippen molar-refractivity contribution in [2.75, 3.05) is 12.0 Å². The second-order valence-electron chi connectivity index (χ2n) is 4.38. The number of nitrogens with one attached hydrogen (secondary N) is 1. The molecule has 20 heavy (non-hydrogen) atoms. The summed E-state index contributed by atoms with van der Waals surface area (Å²) in [4.78, 5) is 16.3. The maximum absolute atomic E-state index is 12.0. The van der Waals surface area contributed by atoms with Crippen molar-refractivity contribution in [1.29, 1.82) is 0 Å². The summed E-state index contributed by atoms with van der Waals surface area (Å²) in [7, 11) is 0. The van der Waals surface area contributed by atoms with E-state index in [9.17, 15) is 4.79 Å². The molecule has 0 unspecified atom stereocenters.